The number of nitrogens with one attached hydrogen (secondary N) is 1. The van der Waals surface area contributed by atoms with Crippen LogP contribution in [0.5, 0.6) is 0 Å². The van der Waals surface area contributed by atoms with Gasteiger partial charge in [-0.05, 0) is 24.1 Å². The van der Waals surface area contributed by atoms with E-state index in [1.807, 2.05) is 24.3 Å². The highest BCUT2D eigenvalue weighted by molar-refractivity contribution is 6.30. The molecule has 2 aliphatic heterocycles. The third kappa shape index (κ3) is 4.93. The highest BCUT2D eigenvalue weighted by atomic mass is 35.5. The molecule has 0 atom stereocenters. The fraction of sp³-hybridized carbons (Fsp3) is 0.556. The maximum atomic E-state index is 12.3. The molecular weight excluding hydrogens is 344 g/mol. The van der Waals surface area contributed by atoms with Crippen LogP contribution in [0.2, 0.25) is 5.02 Å². The van der Waals surface area contributed by atoms with Crippen molar-refractivity contribution in [1.29, 1.82) is 0 Å². The molecule has 1 aromatic rings. The third-order valence-electron chi connectivity index (χ3n) is 4.63. The van der Waals surface area contributed by atoms with Crippen molar-refractivity contribution in [2.45, 2.75) is 31.5 Å². The lowest BCUT2D eigenvalue weighted by atomic mass is 10.0. The molecule has 0 aromatic heterocycles. The van der Waals surface area contributed by atoms with Crippen molar-refractivity contribution in [3.8, 4) is 0 Å². The molecule has 1 N–H and O–H groups in total. The minimum atomic E-state index is -0.504. The number of carbonyl (C=O) groups is 2. The Bertz CT molecular complexity index is 621. The quantitative estimate of drug-likeness (QED) is 0.806. The fourth-order valence-electron chi connectivity index (χ4n) is 3.23. The molecule has 2 aliphatic rings. The van der Waals surface area contributed by atoms with Crippen LogP contribution in [0.1, 0.15) is 24.8 Å². The Morgan fingerprint density at radius 2 is 1.92 bits per heavy atom. The van der Waals surface area contributed by atoms with E-state index in [1.165, 1.54) is 0 Å². The summed E-state index contributed by atoms with van der Waals surface area (Å²) in [5.74, 6) is -0.899. The van der Waals surface area contributed by atoms with Crippen LogP contribution in [0.3, 0.4) is 0 Å². The minimum absolute atomic E-state index is 0.121. The summed E-state index contributed by atoms with van der Waals surface area (Å²) in [6.07, 6.45) is 1.88. The van der Waals surface area contributed by atoms with Crippen LogP contribution in [0, 0.1) is 0 Å². The van der Waals surface area contributed by atoms with E-state index in [0.717, 1.165) is 5.56 Å². The van der Waals surface area contributed by atoms with Crippen LogP contribution < -0.4 is 5.32 Å². The van der Waals surface area contributed by atoms with E-state index in [-0.39, 0.29) is 18.2 Å². The van der Waals surface area contributed by atoms with Crippen LogP contribution in [0.4, 0.5) is 0 Å². The topological polar surface area (TPSA) is 67.9 Å². The van der Waals surface area contributed by atoms with Gasteiger partial charge in [-0.2, -0.15) is 0 Å². The third-order valence-corrected chi connectivity index (χ3v) is 4.86. The Morgan fingerprint density at radius 1 is 1.20 bits per heavy atom. The van der Waals surface area contributed by atoms with E-state index < -0.39 is 5.79 Å². The standard InChI is InChI=1S/C18H23ClN2O4/c19-15-3-1-2-14(12-15)4-7-20-16(22)13-17(23)21-8-5-18(6-9-21)24-10-11-25-18/h1-3,12H,4-11,13H2,(H,20,22). The zero-order valence-corrected chi connectivity index (χ0v) is 14.9. The highest BCUT2D eigenvalue weighted by Gasteiger charge is 2.40. The first kappa shape index (κ1) is 18.2. The first-order valence-electron chi connectivity index (χ1n) is 8.63. The summed E-state index contributed by atoms with van der Waals surface area (Å²) >= 11 is 5.93. The number of hydrogen-bond donors (Lipinski definition) is 1. The Labute approximate surface area is 152 Å². The van der Waals surface area contributed by atoms with E-state index in [2.05, 4.69) is 5.32 Å². The van der Waals surface area contributed by atoms with Crippen LogP contribution in [0.25, 0.3) is 0 Å². The molecule has 7 heteroatoms. The molecule has 1 aromatic carbocycles. The van der Waals surface area contributed by atoms with E-state index in [0.29, 0.717) is 57.1 Å². The highest BCUT2D eigenvalue weighted by Crippen LogP contribution is 2.31. The molecule has 6 nitrogen and oxygen atoms in total. The molecule has 0 saturated carbocycles. The lowest BCUT2D eigenvalue weighted by molar-refractivity contribution is -0.187. The molecule has 2 heterocycles. The predicted molar refractivity (Wildman–Crippen MR) is 93.2 cm³/mol. The van der Waals surface area contributed by atoms with Gasteiger partial charge in [0.15, 0.2) is 5.79 Å². The molecule has 2 amide bonds. The van der Waals surface area contributed by atoms with E-state index >= 15 is 0 Å². The van der Waals surface area contributed by atoms with Crippen LogP contribution >= 0.6 is 11.6 Å². The van der Waals surface area contributed by atoms with E-state index in [9.17, 15) is 9.59 Å². The summed E-state index contributed by atoms with van der Waals surface area (Å²) in [5, 5.41) is 3.47. The van der Waals surface area contributed by atoms with E-state index in [1.54, 1.807) is 4.90 Å². The van der Waals surface area contributed by atoms with Gasteiger partial charge in [-0.1, -0.05) is 23.7 Å². The second-order valence-corrected chi connectivity index (χ2v) is 6.83. The van der Waals surface area contributed by atoms with Crippen molar-refractivity contribution in [1.82, 2.24) is 10.2 Å². The number of hydrogen-bond acceptors (Lipinski definition) is 4. The number of likely N-dealkylation sites (tertiary alicyclic amines) is 1. The van der Waals surface area contributed by atoms with E-state index in [4.69, 9.17) is 21.1 Å². The molecule has 3 rings (SSSR count). The minimum Gasteiger partial charge on any atom is -0.355 e. The summed E-state index contributed by atoms with van der Waals surface area (Å²) < 4.78 is 11.3. The first-order valence-corrected chi connectivity index (χ1v) is 9.01. The molecular formula is C18H23ClN2O4. The molecule has 25 heavy (non-hydrogen) atoms. The normalized spacial score (nSPS) is 19.2. The second kappa shape index (κ2) is 8.17. The monoisotopic (exact) mass is 366 g/mol. The Morgan fingerprint density at radius 3 is 2.60 bits per heavy atom. The Kier molecular flexibility index (Phi) is 5.93. The largest absolute Gasteiger partial charge is 0.355 e. The number of amides is 2. The second-order valence-electron chi connectivity index (χ2n) is 6.40. The Balaban J connectivity index is 1.37. The number of piperidine rings is 1. The summed E-state index contributed by atoms with van der Waals surface area (Å²) in [6.45, 7) is 2.84. The number of benzene rings is 1. The van der Waals surface area contributed by atoms with Gasteiger partial charge in [-0.3, -0.25) is 9.59 Å². The SMILES string of the molecule is O=C(CC(=O)N1CCC2(CC1)OCCO2)NCCc1cccc(Cl)c1. The van der Waals surface area contributed by atoms with Crippen LogP contribution in [-0.2, 0) is 25.5 Å². The number of carbonyl (C=O) groups excluding carboxylic acids is 2. The molecule has 1 spiro atoms. The summed E-state index contributed by atoms with van der Waals surface area (Å²) in [5.41, 5.74) is 1.05. The number of ether oxygens (including phenoxy) is 2. The smallest absolute Gasteiger partial charge is 0.232 e. The average molecular weight is 367 g/mol. The summed E-state index contributed by atoms with van der Waals surface area (Å²) in [6, 6.07) is 7.52. The lowest BCUT2D eigenvalue weighted by Crippen LogP contribution is -2.48. The maximum absolute atomic E-state index is 12.3. The molecule has 0 unspecified atom stereocenters. The number of rotatable bonds is 5. The van der Waals surface area contributed by atoms with Gasteiger partial charge in [-0.15, -0.1) is 0 Å². The van der Waals surface area contributed by atoms with Crippen molar-refractivity contribution in [3.05, 3.63) is 34.9 Å². The lowest BCUT2D eigenvalue weighted by Gasteiger charge is -2.37. The molecule has 2 fully saturated rings. The summed E-state index contributed by atoms with van der Waals surface area (Å²) in [4.78, 5) is 25.9. The fourth-order valence-corrected chi connectivity index (χ4v) is 3.45. The first-order chi connectivity index (χ1) is 12.1. The Hall–Kier alpha value is -1.63. The van der Waals surface area contributed by atoms with Gasteiger partial charge < -0.3 is 19.7 Å². The molecule has 0 bridgehead atoms. The average Bonchev–Trinajstić information content (AvgIpc) is 3.03. The zero-order valence-electron chi connectivity index (χ0n) is 14.1. The maximum Gasteiger partial charge on any atom is 0.232 e. The predicted octanol–water partition coefficient (Wildman–Crippen LogP) is 1.75. The number of nitrogens with zero attached hydrogens (tertiary/aromatic N) is 1. The van der Waals surface area contributed by atoms with Gasteiger partial charge in [-0.25, -0.2) is 0 Å². The van der Waals surface area contributed by atoms with Crippen LogP contribution in [0.15, 0.2) is 24.3 Å². The van der Waals surface area contributed by atoms with Gasteiger partial charge in [0.25, 0.3) is 0 Å². The summed E-state index contributed by atoms with van der Waals surface area (Å²) in [7, 11) is 0. The van der Waals surface area contributed by atoms with Crippen LogP contribution in [-0.4, -0.2) is 55.3 Å². The van der Waals surface area contributed by atoms with Crippen molar-refractivity contribution >= 4 is 23.4 Å². The molecule has 2 saturated heterocycles. The van der Waals surface area contributed by atoms with Gasteiger partial charge in [0.05, 0.1) is 13.2 Å². The van der Waals surface area contributed by atoms with Gasteiger partial charge in [0, 0.05) is 37.5 Å². The van der Waals surface area contributed by atoms with Crippen molar-refractivity contribution in [2.24, 2.45) is 0 Å². The molecule has 0 radical (unpaired) electrons. The molecule has 0 aliphatic carbocycles. The van der Waals surface area contributed by atoms with Gasteiger partial charge in [0.2, 0.25) is 11.8 Å². The van der Waals surface area contributed by atoms with Crippen molar-refractivity contribution in [2.75, 3.05) is 32.8 Å². The van der Waals surface area contributed by atoms with Crippen molar-refractivity contribution < 1.29 is 19.1 Å². The van der Waals surface area contributed by atoms with Gasteiger partial charge >= 0.3 is 0 Å². The number of halogens is 1. The van der Waals surface area contributed by atoms with Crippen molar-refractivity contribution in [3.63, 3.8) is 0 Å². The van der Waals surface area contributed by atoms with Gasteiger partial charge in [0.1, 0.15) is 6.42 Å². The molecule has 136 valence electrons. The zero-order chi connectivity index (χ0) is 17.7.